The van der Waals surface area contributed by atoms with Crippen LogP contribution in [0.25, 0.3) is 0 Å². The number of allylic oxidation sites excluding steroid dienone is 1. The molecule has 0 aliphatic heterocycles. The van der Waals surface area contributed by atoms with Crippen LogP contribution in [0.2, 0.25) is 0 Å². The molecular formula is C14H24O2. The average molecular weight is 224 g/mol. The number of carbonyl (C=O) groups excluding carboxylic acids is 1. The van der Waals surface area contributed by atoms with Crippen molar-refractivity contribution in [3.05, 3.63) is 12.2 Å². The molecule has 92 valence electrons. The first-order valence-electron chi connectivity index (χ1n) is 6.20. The molecule has 16 heavy (non-hydrogen) atoms. The van der Waals surface area contributed by atoms with E-state index in [1.807, 2.05) is 6.92 Å². The SMILES string of the molecule is C=C(C)[C@H]1C[C@@H](CCOC(=O)CC)C1(C)C. The first-order chi connectivity index (χ1) is 7.39. The summed E-state index contributed by atoms with van der Waals surface area (Å²) in [5.41, 5.74) is 1.61. The highest BCUT2D eigenvalue weighted by atomic mass is 16.5. The quantitative estimate of drug-likeness (QED) is 0.527. The number of ether oxygens (including phenoxy) is 1. The molecule has 0 amide bonds. The number of esters is 1. The zero-order chi connectivity index (χ0) is 12.3. The first-order valence-corrected chi connectivity index (χ1v) is 6.20. The van der Waals surface area contributed by atoms with E-state index in [9.17, 15) is 4.79 Å². The normalized spacial score (nSPS) is 27.0. The minimum absolute atomic E-state index is 0.0893. The average Bonchev–Trinajstić information content (AvgIpc) is 2.20. The van der Waals surface area contributed by atoms with E-state index in [0.717, 1.165) is 6.42 Å². The molecule has 0 saturated heterocycles. The van der Waals surface area contributed by atoms with Crippen molar-refractivity contribution in [2.24, 2.45) is 17.3 Å². The molecule has 0 bridgehead atoms. The fraction of sp³-hybridized carbons (Fsp3) is 0.786. The highest BCUT2D eigenvalue weighted by molar-refractivity contribution is 5.68. The Morgan fingerprint density at radius 1 is 1.50 bits per heavy atom. The number of hydrogen-bond acceptors (Lipinski definition) is 2. The van der Waals surface area contributed by atoms with Crippen LogP contribution in [0.5, 0.6) is 0 Å². The molecule has 0 heterocycles. The first kappa shape index (κ1) is 13.3. The zero-order valence-corrected chi connectivity index (χ0v) is 11.0. The second-order valence-electron chi connectivity index (χ2n) is 5.52. The third kappa shape index (κ3) is 2.66. The third-order valence-corrected chi connectivity index (χ3v) is 4.08. The van der Waals surface area contributed by atoms with Gasteiger partial charge in [0.15, 0.2) is 0 Å². The Bertz CT molecular complexity index is 278. The molecule has 0 aromatic carbocycles. The van der Waals surface area contributed by atoms with Gasteiger partial charge in [-0.15, -0.1) is 0 Å². The van der Waals surface area contributed by atoms with E-state index in [4.69, 9.17) is 4.74 Å². The van der Waals surface area contributed by atoms with Gasteiger partial charge in [0, 0.05) is 6.42 Å². The van der Waals surface area contributed by atoms with Crippen LogP contribution in [-0.2, 0) is 9.53 Å². The van der Waals surface area contributed by atoms with Crippen LogP contribution < -0.4 is 0 Å². The van der Waals surface area contributed by atoms with Crippen molar-refractivity contribution < 1.29 is 9.53 Å². The second kappa shape index (κ2) is 5.03. The van der Waals surface area contributed by atoms with Crippen molar-refractivity contribution in [1.29, 1.82) is 0 Å². The van der Waals surface area contributed by atoms with Crippen molar-refractivity contribution in [2.75, 3.05) is 6.61 Å². The van der Waals surface area contributed by atoms with Crippen LogP contribution in [0.3, 0.4) is 0 Å². The molecule has 0 spiro atoms. The lowest BCUT2D eigenvalue weighted by molar-refractivity contribution is -0.144. The highest BCUT2D eigenvalue weighted by Gasteiger charge is 2.47. The predicted molar refractivity (Wildman–Crippen MR) is 66.1 cm³/mol. The summed E-state index contributed by atoms with van der Waals surface area (Å²) in [7, 11) is 0. The minimum atomic E-state index is -0.0893. The maximum Gasteiger partial charge on any atom is 0.305 e. The lowest BCUT2D eigenvalue weighted by Crippen LogP contribution is -2.45. The van der Waals surface area contributed by atoms with Crippen LogP contribution in [0.1, 0.15) is 47.0 Å². The lowest BCUT2D eigenvalue weighted by Gasteiger charge is -2.53. The van der Waals surface area contributed by atoms with Gasteiger partial charge in [-0.25, -0.2) is 0 Å². The summed E-state index contributed by atoms with van der Waals surface area (Å²) in [5, 5.41) is 0. The molecule has 2 heteroatoms. The third-order valence-electron chi connectivity index (χ3n) is 4.08. The minimum Gasteiger partial charge on any atom is -0.466 e. The fourth-order valence-electron chi connectivity index (χ4n) is 2.76. The van der Waals surface area contributed by atoms with Gasteiger partial charge in [0.1, 0.15) is 0 Å². The number of rotatable bonds is 5. The van der Waals surface area contributed by atoms with Crippen LogP contribution in [0.4, 0.5) is 0 Å². The van der Waals surface area contributed by atoms with E-state index in [2.05, 4.69) is 27.4 Å². The van der Waals surface area contributed by atoms with Crippen molar-refractivity contribution in [2.45, 2.75) is 47.0 Å². The van der Waals surface area contributed by atoms with Gasteiger partial charge in [0.2, 0.25) is 0 Å². The standard InChI is InChI=1S/C14H24O2/c1-6-13(15)16-8-7-11-9-12(10(2)3)14(11,4)5/h11-12H,2,6-9H2,1,3-5H3/t11-,12-/m1/s1. The summed E-state index contributed by atoms with van der Waals surface area (Å²) in [6.07, 6.45) is 2.66. The molecule has 1 aliphatic carbocycles. The van der Waals surface area contributed by atoms with Crippen molar-refractivity contribution in [3.8, 4) is 0 Å². The molecule has 1 saturated carbocycles. The van der Waals surface area contributed by atoms with E-state index in [-0.39, 0.29) is 5.97 Å². The molecular weight excluding hydrogens is 200 g/mol. The van der Waals surface area contributed by atoms with Crippen molar-refractivity contribution in [3.63, 3.8) is 0 Å². The molecule has 0 aromatic heterocycles. The van der Waals surface area contributed by atoms with Gasteiger partial charge in [-0.3, -0.25) is 4.79 Å². The molecule has 0 N–H and O–H groups in total. The Morgan fingerprint density at radius 3 is 2.56 bits per heavy atom. The monoisotopic (exact) mass is 224 g/mol. The Hall–Kier alpha value is -0.790. The molecule has 1 rings (SSSR count). The summed E-state index contributed by atoms with van der Waals surface area (Å²) < 4.78 is 5.13. The largest absolute Gasteiger partial charge is 0.466 e. The van der Waals surface area contributed by atoms with Crippen LogP contribution in [0.15, 0.2) is 12.2 Å². The summed E-state index contributed by atoms with van der Waals surface area (Å²) in [6, 6.07) is 0. The molecule has 0 unspecified atom stereocenters. The molecule has 0 radical (unpaired) electrons. The van der Waals surface area contributed by atoms with Crippen LogP contribution in [0, 0.1) is 17.3 Å². The van der Waals surface area contributed by atoms with Gasteiger partial charge in [0.05, 0.1) is 6.61 Å². The second-order valence-corrected chi connectivity index (χ2v) is 5.52. The smallest absolute Gasteiger partial charge is 0.305 e. The zero-order valence-electron chi connectivity index (χ0n) is 11.0. The summed E-state index contributed by atoms with van der Waals surface area (Å²) in [5.74, 6) is 1.21. The molecule has 2 nitrogen and oxygen atoms in total. The van der Waals surface area contributed by atoms with Gasteiger partial charge in [-0.1, -0.05) is 32.9 Å². The van der Waals surface area contributed by atoms with Gasteiger partial charge in [-0.2, -0.15) is 0 Å². The topological polar surface area (TPSA) is 26.3 Å². The fourth-order valence-corrected chi connectivity index (χ4v) is 2.76. The Morgan fingerprint density at radius 2 is 2.12 bits per heavy atom. The van der Waals surface area contributed by atoms with E-state index in [1.54, 1.807) is 0 Å². The van der Waals surface area contributed by atoms with E-state index in [0.29, 0.717) is 30.3 Å². The van der Waals surface area contributed by atoms with Gasteiger partial charge < -0.3 is 4.74 Å². The Kier molecular flexibility index (Phi) is 4.17. The maximum absolute atomic E-state index is 11.0. The summed E-state index contributed by atoms with van der Waals surface area (Å²) in [4.78, 5) is 11.0. The van der Waals surface area contributed by atoms with Crippen LogP contribution in [-0.4, -0.2) is 12.6 Å². The lowest BCUT2D eigenvalue weighted by atomic mass is 9.52. The molecule has 2 atom stereocenters. The highest BCUT2D eigenvalue weighted by Crippen LogP contribution is 2.55. The molecule has 1 aliphatic rings. The Balaban J connectivity index is 2.31. The van der Waals surface area contributed by atoms with Gasteiger partial charge in [-0.05, 0) is 37.0 Å². The van der Waals surface area contributed by atoms with Crippen LogP contribution >= 0.6 is 0 Å². The number of carbonyl (C=O) groups is 1. The summed E-state index contributed by atoms with van der Waals surface area (Å²) >= 11 is 0. The van der Waals surface area contributed by atoms with Crippen molar-refractivity contribution in [1.82, 2.24) is 0 Å². The van der Waals surface area contributed by atoms with E-state index < -0.39 is 0 Å². The van der Waals surface area contributed by atoms with E-state index in [1.165, 1.54) is 12.0 Å². The van der Waals surface area contributed by atoms with Gasteiger partial charge >= 0.3 is 5.97 Å². The van der Waals surface area contributed by atoms with Crippen molar-refractivity contribution >= 4 is 5.97 Å². The molecule has 1 fully saturated rings. The summed E-state index contributed by atoms with van der Waals surface area (Å²) in [6.45, 7) is 13.1. The van der Waals surface area contributed by atoms with Gasteiger partial charge in [0.25, 0.3) is 0 Å². The van der Waals surface area contributed by atoms with E-state index >= 15 is 0 Å². The number of hydrogen-bond donors (Lipinski definition) is 0. The maximum atomic E-state index is 11.0. The molecule has 0 aromatic rings. The predicted octanol–water partition coefficient (Wildman–Crippen LogP) is 3.57. The Labute approximate surface area is 99.1 Å².